The molecule has 11 aromatic carbocycles. The minimum absolute atomic E-state index is 0.189. The summed E-state index contributed by atoms with van der Waals surface area (Å²) in [5.41, 5.74) is 5.55. The smallest absolute Gasteiger partial charge is 0.0616 e. The molecule has 250 valence electrons. The Hall–Kier alpha value is -7.02. The van der Waals surface area contributed by atoms with E-state index in [1.54, 1.807) is 0 Å². The van der Waals surface area contributed by atoms with Crippen molar-refractivity contribution in [1.29, 1.82) is 0 Å². The Morgan fingerprint density at radius 3 is 1.41 bits per heavy atom. The van der Waals surface area contributed by atoms with Gasteiger partial charge in [0.25, 0.3) is 0 Å². The molecule has 0 aliphatic rings. The lowest BCUT2D eigenvalue weighted by molar-refractivity contribution is 1.62. The number of hydrogen-bond donors (Lipinski definition) is 0. The lowest BCUT2D eigenvalue weighted by atomic mass is 9.84. The predicted molar refractivity (Wildman–Crippen MR) is 233 cm³/mol. The van der Waals surface area contributed by atoms with Crippen molar-refractivity contribution < 1.29 is 11.0 Å². The molecule has 0 saturated carbocycles. The summed E-state index contributed by atoms with van der Waals surface area (Å²) in [6, 6.07) is 50.1. The third-order valence-electron chi connectivity index (χ3n) is 10.8. The van der Waals surface area contributed by atoms with Gasteiger partial charge in [0.05, 0.1) is 11.0 Å². The fourth-order valence-corrected chi connectivity index (χ4v) is 8.36. The molecule has 0 atom stereocenters. The van der Waals surface area contributed by atoms with Gasteiger partial charge in [0, 0.05) is 0 Å². The highest BCUT2D eigenvalue weighted by molar-refractivity contribution is 6.22. The summed E-state index contributed by atoms with van der Waals surface area (Å²) in [5.74, 6) is 0. The highest BCUT2D eigenvalue weighted by atomic mass is 14.2. The van der Waals surface area contributed by atoms with Crippen LogP contribution >= 0.6 is 0 Å². The quantitative estimate of drug-likeness (QED) is 0.127. The van der Waals surface area contributed by atoms with Crippen LogP contribution in [0.5, 0.6) is 0 Å². The van der Waals surface area contributed by atoms with Gasteiger partial charge >= 0.3 is 0 Å². The molecule has 0 amide bonds. The highest BCUT2D eigenvalue weighted by Crippen LogP contribution is 2.45. The molecule has 0 fully saturated rings. The van der Waals surface area contributed by atoms with Crippen LogP contribution in [-0.2, 0) is 0 Å². The van der Waals surface area contributed by atoms with Gasteiger partial charge in [0.2, 0.25) is 0 Å². The first kappa shape index (κ1) is 23.5. The topological polar surface area (TPSA) is 0 Å². The van der Waals surface area contributed by atoms with Crippen molar-refractivity contribution in [2.75, 3.05) is 0 Å². The van der Waals surface area contributed by atoms with Crippen molar-refractivity contribution in [3.63, 3.8) is 0 Å². The molecule has 0 saturated heterocycles. The van der Waals surface area contributed by atoms with Crippen LogP contribution in [0, 0.1) is 0 Å². The second-order valence-electron chi connectivity index (χ2n) is 13.8. The first-order valence-corrected chi connectivity index (χ1v) is 18.1. The zero-order valence-electron chi connectivity index (χ0n) is 37.0. The predicted octanol–water partition coefficient (Wildman–Crippen LogP) is 15.3. The van der Waals surface area contributed by atoms with Crippen LogP contribution < -0.4 is 0 Å². The van der Waals surface area contributed by atoms with Crippen molar-refractivity contribution in [1.82, 2.24) is 0 Å². The Morgan fingerprint density at radius 1 is 0.241 bits per heavy atom. The Morgan fingerprint density at radius 2 is 0.722 bits per heavy atom. The minimum atomic E-state index is -0.425. The zero-order valence-corrected chi connectivity index (χ0v) is 29.0. The summed E-state index contributed by atoms with van der Waals surface area (Å²) in [5, 5.41) is 9.61. The standard InChI is InChI=1S/C54H34/c1-2-14-39-32-41(29-24-35(39)12-1)40-16-11-17-43(33-40)54-48-22-9-7-20-46(48)53(47-21-8-10-23-49(47)54)38-27-25-37(26-28-38)52-45-19-6-4-15-42(45)34-51-44-18-5-3-13-36(44)30-31-50(51)52/h1-34H/i7D,8D,9D,10D,20D,21D,22D,23D. The normalized spacial score (nSPS) is 13.8. The summed E-state index contributed by atoms with van der Waals surface area (Å²) in [4.78, 5) is 0. The fourth-order valence-electron chi connectivity index (χ4n) is 8.36. The van der Waals surface area contributed by atoms with Crippen molar-refractivity contribution >= 4 is 64.6 Å². The second-order valence-corrected chi connectivity index (χ2v) is 13.8. The van der Waals surface area contributed by atoms with Crippen molar-refractivity contribution in [3.8, 4) is 44.5 Å². The van der Waals surface area contributed by atoms with Gasteiger partial charge in [0.1, 0.15) is 0 Å². The molecule has 0 aliphatic heterocycles. The molecule has 0 aromatic heterocycles. The maximum Gasteiger partial charge on any atom is 0.0629 e. The summed E-state index contributed by atoms with van der Waals surface area (Å²) < 4.78 is 73.4. The first-order valence-electron chi connectivity index (χ1n) is 22.1. The molecule has 0 bridgehead atoms. The lowest BCUT2D eigenvalue weighted by Crippen LogP contribution is -1.92. The third kappa shape index (κ3) is 4.85. The first-order chi connectivity index (χ1) is 30.1. The maximum atomic E-state index is 9.46. The largest absolute Gasteiger partial charge is 0.0629 e. The van der Waals surface area contributed by atoms with E-state index in [0.29, 0.717) is 22.3 Å². The van der Waals surface area contributed by atoms with Crippen molar-refractivity contribution in [3.05, 3.63) is 206 Å². The van der Waals surface area contributed by atoms with E-state index < -0.39 is 24.2 Å². The highest BCUT2D eigenvalue weighted by Gasteiger charge is 2.18. The Kier molecular flexibility index (Phi) is 5.36. The second kappa shape index (κ2) is 12.3. The van der Waals surface area contributed by atoms with E-state index in [9.17, 15) is 5.48 Å². The fraction of sp³-hybridized carbons (Fsp3) is 0. The summed E-state index contributed by atoms with van der Waals surface area (Å²) in [6.07, 6.45) is 0. The molecule has 54 heavy (non-hydrogen) atoms. The van der Waals surface area contributed by atoms with Gasteiger partial charge in [-0.15, -0.1) is 0 Å². The van der Waals surface area contributed by atoms with Gasteiger partial charge < -0.3 is 0 Å². The summed E-state index contributed by atoms with van der Waals surface area (Å²) in [7, 11) is 0. The van der Waals surface area contributed by atoms with Gasteiger partial charge in [-0.3, -0.25) is 0 Å². The van der Waals surface area contributed by atoms with Crippen LogP contribution in [0.4, 0.5) is 0 Å². The van der Waals surface area contributed by atoms with E-state index in [2.05, 4.69) is 66.7 Å². The molecule has 0 spiro atoms. The SMILES string of the molecule is [2H]c1c([2H])c([2H])c2c(-c3cccc(-c4ccc5ccccc5c4)c3)c3c([2H])c([2H])c([2H])c([2H])c3c(-c3ccc(-c4c5ccccc5cc5c4ccc4ccccc45)cc3)c2c1[2H]. The Labute approximate surface area is 325 Å². The van der Waals surface area contributed by atoms with Crippen LogP contribution in [-0.4, -0.2) is 0 Å². The van der Waals surface area contributed by atoms with E-state index >= 15 is 0 Å². The number of rotatable bonds is 4. The minimum Gasteiger partial charge on any atom is -0.0616 e. The number of hydrogen-bond acceptors (Lipinski definition) is 0. The molecular formula is C54H34. The zero-order chi connectivity index (χ0) is 42.6. The molecule has 0 aliphatic carbocycles. The van der Waals surface area contributed by atoms with Crippen LogP contribution in [0.25, 0.3) is 109 Å². The van der Waals surface area contributed by atoms with Gasteiger partial charge in [-0.2, -0.15) is 0 Å². The average molecular weight is 691 g/mol. The third-order valence-corrected chi connectivity index (χ3v) is 10.8. The Bertz CT molecular complexity index is 3640. The van der Waals surface area contributed by atoms with Crippen LogP contribution in [0.2, 0.25) is 0 Å². The monoisotopic (exact) mass is 690 g/mol. The number of benzene rings is 11. The molecule has 11 rings (SSSR count). The van der Waals surface area contributed by atoms with Gasteiger partial charge in [-0.05, 0) is 127 Å². The van der Waals surface area contributed by atoms with E-state index in [4.69, 9.17) is 5.48 Å². The van der Waals surface area contributed by atoms with Crippen LogP contribution in [0.15, 0.2) is 206 Å². The van der Waals surface area contributed by atoms with E-state index in [1.165, 1.54) is 0 Å². The van der Waals surface area contributed by atoms with Gasteiger partial charge in [-0.25, -0.2) is 0 Å². The molecular weight excluding hydrogens is 649 g/mol. The average Bonchev–Trinajstić information content (AvgIpc) is 3.32. The molecule has 0 heterocycles. The van der Waals surface area contributed by atoms with E-state index in [-0.39, 0.29) is 45.7 Å². The molecule has 0 nitrogen and oxygen atoms in total. The van der Waals surface area contributed by atoms with Crippen molar-refractivity contribution in [2.24, 2.45) is 0 Å². The van der Waals surface area contributed by atoms with Crippen LogP contribution in [0.3, 0.4) is 0 Å². The Balaban J connectivity index is 1.21. The summed E-state index contributed by atoms with van der Waals surface area (Å²) in [6.45, 7) is 0. The molecule has 0 radical (unpaired) electrons. The number of fused-ring (bicyclic) bond motifs is 7. The van der Waals surface area contributed by atoms with E-state index in [0.717, 1.165) is 65.3 Å². The van der Waals surface area contributed by atoms with E-state index in [1.807, 2.05) is 91.0 Å². The molecule has 0 unspecified atom stereocenters. The maximum absolute atomic E-state index is 9.46. The van der Waals surface area contributed by atoms with Crippen LogP contribution in [0.1, 0.15) is 11.0 Å². The van der Waals surface area contributed by atoms with Crippen molar-refractivity contribution in [2.45, 2.75) is 0 Å². The molecule has 11 aromatic rings. The van der Waals surface area contributed by atoms with Gasteiger partial charge in [0.15, 0.2) is 0 Å². The van der Waals surface area contributed by atoms with Gasteiger partial charge in [-0.1, -0.05) is 188 Å². The summed E-state index contributed by atoms with van der Waals surface area (Å²) >= 11 is 0. The molecule has 0 heteroatoms. The molecule has 0 N–H and O–H groups in total. The lowest BCUT2D eigenvalue weighted by Gasteiger charge is -2.19.